The molecule has 0 bridgehead atoms. The molecule has 2 aromatic carbocycles. The molecule has 3 aromatic heterocycles. The number of aryl methyl sites for hydroxylation is 1. The maximum atomic E-state index is 4.58. The van der Waals surface area contributed by atoms with E-state index in [4.69, 9.17) is 0 Å². The number of hydrogen-bond acceptors (Lipinski definition) is 5. The fourth-order valence-corrected chi connectivity index (χ4v) is 3.61. The number of benzene rings is 2. The zero-order valence-electron chi connectivity index (χ0n) is 13.4. The second-order valence-electron chi connectivity index (χ2n) is 5.84. The van der Waals surface area contributed by atoms with Gasteiger partial charge in [0.25, 0.3) is 5.95 Å². The first-order chi connectivity index (χ1) is 12.3. The van der Waals surface area contributed by atoms with Gasteiger partial charge in [-0.25, -0.2) is 9.50 Å². The topological polar surface area (TPSA) is 70.9 Å². The molecule has 0 spiro atoms. The quantitative estimate of drug-likeness (QED) is 0.508. The van der Waals surface area contributed by atoms with Gasteiger partial charge in [-0.2, -0.15) is 4.98 Å². The third-order valence-corrected chi connectivity index (χ3v) is 4.86. The van der Waals surface area contributed by atoms with Gasteiger partial charge in [-0.15, -0.1) is 16.4 Å². The zero-order chi connectivity index (χ0) is 16.8. The van der Waals surface area contributed by atoms with Crippen LogP contribution in [0.3, 0.4) is 0 Å². The smallest absolute Gasteiger partial charge is 0.250 e. The fraction of sp³-hybridized carbons (Fsp3) is 0.0556. The SMILES string of the molecule is Cc1ccc(-c2csc3nc(Nc4nc5ccccc5[nH]4)nn23)cc1. The van der Waals surface area contributed by atoms with Crippen molar-refractivity contribution in [1.29, 1.82) is 0 Å². The Labute approximate surface area is 147 Å². The predicted molar refractivity (Wildman–Crippen MR) is 100 cm³/mol. The van der Waals surface area contributed by atoms with Gasteiger partial charge in [0.1, 0.15) is 0 Å². The molecule has 0 aliphatic carbocycles. The Morgan fingerprint density at radius 3 is 2.72 bits per heavy atom. The number of rotatable bonds is 3. The number of aromatic amines is 1. The van der Waals surface area contributed by atoms with Crippen molar-refractivity contribution in [2.75, 3.05) is 5.32 Å². The van der Waals surface area contributed by atoms with Gasteiger partial charge in [0, 0.05) is 10.9 Å². The number of thiazole rings is 1. The summed E-state index contributed by atoms with van der Waals surface area (Å²) in [7, 11) is 0. The van der Waals surface area contributed by atoms with Crippen molar-refractivity contribution in [2.45, 2.75) is 6.92 Å². The van der Waals surface area contributed by atoms with Gasteiger partial charge in [0.2, 0.25) is 10.9 Å². The first-order valence-electron chi connectivity index (χ1n) is 7.89. The Balaban J connectivity index is 1.51. The van der Waals surface area contributed by atoms with E-state index < -0.39 is 0 Å². The van der Waals surface area contributed by atoms with Crippen LogP contribution >= 0.6 is 11.3 Å². The number of para-hydroxylation sites is 2. The molecule has 0 unspecified atom stereocenters. The number of hydrogen-bond donors (Lipinski definition) is 2. The van der Waals surface area contributed by atoms with E-state index >= 15 is 0 Å². The molecule has 3 heterocycles. The minimum Gasteiger partial charge on any atom is -0.324 e. The molecule has 0 saturated heterocycles. The minimum atomic E-state index is 0.527. The number of aromatic nitrogens is 5. The summed E-state index contributed by atoms with van der Waals surface area (Å²) in [6.45, 7) is 2.08. The van der Waals surface area contributed by atoms with Crippen LogP contribution in [0.5, 0.6) is 0 Å². The molecule has 5 rings (SSSR count). The summed E-state index contributed by atoms with van der Waals surface area (Å²) >= 11 is 1.57. The van der Waals surface area contributed by atoms with Crippen LogP contribution < -0.4 is 5.32 Å². The molecule has 7 heteroatoms. The zero-order valence-corrected chi connectivity index (χ0v) is 14.2. The highest BCUT2D eigenvalue weighted by Crippen LogP contribution is 2.26. The molecule has 0 radical (unpaired) electrons. The summed E-state index contributed by atoms with van der Waals surface area (Å²) in [6.07, 6.45) is 0. The molecule has 0 aliphatic heterocycles. The van der Waals surface area contributed by atoms with Crippen LogP contribution in [0.25, 0.3) is 27.3 Å². The lowest BCUT2D eigenvalue weighted by atomic mass is 10.1. The number of nitrogens with zero attached hydrogens (tertiary/aromatic N) is 4. The van der Waals surface area contributed by atoms with Crippen molar-refractivity contribution < 1.29 is 0 Å². The Morgan fingerprint density at radius 1 is 1.04 bits per heavy atom. The van der Waals surface area contributed by atoms with E-state index in [1.807, 2.05) is 28.8 Å². The van der Waals surface area contributed by atoms with Crippen molar-refractivity contribution in [1.82, 2.24) is 24.6 Å². The van der Waals surface area contributed by atoms with E-state index in [-0.39, 0.29) is 0 Å². The van der Waals surface area contributed by atoms with Crippen LogP contribution in [-0.4, -0.2) is 24.6 Å². The van der Waals surface area contributed by atoms with E-state index in [0.717, 1.165) is 27.3 Å². The number of nitrogens with one attached hydrogen (secondary N) is 2. The third kappa shape index (κ3) is 2.45. The Kier molecular flexibility index (Phi) is 3.07. The molecule has 6 nitrogen and oxygen atoms in total. The van der Waals surface area contributed by atoms with Gasteiger partial charge < -0.3 is 4.98 Å². The highest BCUT2D eigenvalue weighted by atomic mass is 32.1. The molecule has 0 atom stereocenters. The molecule has 2 N–H and O–H groups in total. The molecule has 0 saturated carbocycles. The minimum absolute atomic E-state index is 0.527. The van der Waals surface area contributed by atoms with Crippen molar-refractivity contribution in [3.8, 4) is 11.3 Å². The fourth-order valence-electron chi connectivity index (χ4n) is 2.77. The molecular formula is C18H14N6S. The number of fused-ring (bicyclic) bond motifs is 2. The van der Waals surface area contributed by atoms with Gasteiger partial charge in [-0.1, -0.05) is 42.0 Å². The summed E-state index contributed by atoms with van der Waals surface area (Å²) in [5.41, 5.74) is 5.28. The molecule has 0 fully saturated rings. The number of anilines is 2. The van der Waals surface area contributed by atoms with Crippen LogP contribution in [-0.2, 0) is 0 Å². The third-order valence-electron chi connectivity index (χ3n) is 4.05. The van der Waals surface area contributed by atoms with Crippen molar-refractivity contribution >= 4 is 39.2 Å². The number of imidazole rings is 1. The van der Waals surface area contributed by atoms with E-state index in [2.05, 4.69) is 61.9 Å². The highest BCUT2D eigenvalue weighted by Gasteiger charge is 2.12. The van der Waals surface area contributed by atoms with E-state index in [1.165, 1.54) is 5.56 Å². The summed E-state index contributed by atoms with van der Waals surface area (Å²) in [5.74, 6) is 1.16. The van der Waals surface area contributed by atoms with E-state index in [0.29, 0.717) is 11.9 Å². The second-order valence-corrected chi connectivity index (χ2v) is 6.68. The van der Waals surface area contributed by atoms with Crippen molar-refractivity contribution in [2.24, 2.45) is 0 Å². The first kappa shape index (κ1) is 14.2. The summed E-state index contributed by atoms with van der Waals surface area (Å²) in [4.78, 5) is 13.1. The predicted octanol–water partition coefficient (Wildman–Crippen LogP) is 4.39. The average molecular weight is 346 g/mol. The molecule has 122 valence electrons. The van der Waals surface area contributed by atoms with Gasteiger partial charge in [-0.05, 0) is 19.1 Å². The van der Waals surface area contributed by atoms with E-state index in [1.54, 1.807) is 11.3 Å². The lowest BCUT2D eigenvalue weighted by Gasteiger charge is -1.99. The summed E-state index contributed by atoms with van der Waals surface area (Å²) < 4.78 is 1.86. The first-order valence-corrected chi connectivity index (χ1v) is 8.77. The summed E-state index contributed by atoms with van der Waals surface area (Å²) in [5, 5.41) is 9.81. The van der Waals surface area contributed by atoms with Crippen LogP contribution in [0, 0.1) is 6.92 Å². The van der Waals surface area contributed by atoms with Crippen LogP contribution in [0.1, 0.15) is 5.56 Å². The van der Waals surface area contributed by atoms with Gasteiger partial charge >= 0.3 is 0 Å². The average Bonchev–Trinajstić information content (AvgIpc) is 3.29. The molecule has 0 amide bonds. The van der Waals surface area contributed by atoms with Crippen molar-refractivity contribution in [3.63, 3.8) is 0 Å². The van der Waals surface area contributed by atoms with Gasteiger partial charge in [-0.3, -0.25) is 5.32 Å². The maximum Gasteiger partial charge on any atom is 0.250 e. The monoisotopic (exact) mass is 346 g/mol. The summed E-state index contributed by atoms with van der Waals surface area (Å²) in [6, 6.07) is 16.3. The lowest BCUT2D eigenvalue weighted by molar-refractivity contribution is 0.986. The van der Waals surface area contributed by atoms with Crippen LogP contribution in [0.2, 0.25) is 0 Å². The molecule has 5 aromatic rings. The molecule has 25 heavy (non-hydrogen) atoms. The normalized spacial score (nSPS) is 11.4. The Bertz CT molecular complexity index is 1150. The standard InChI is InChI=1S/C18H14N6S/c1-11-6-8-12(9-7-11)15-10-25-18-22-17(23-24(15)18)21-16-19-13-4-2-3-5-14(13)20-16/h2-10H,1H3,(H2,19,20,21,23). The maximum absolute atomic E-state index is 4.58. The molecular weight excluding hydrogens is 332 g/mol. The van der Waals surface area contributed by atoms with Gasteiger partial charge in [0.05, 0.1) is 16.7 Å². The molecule has 0 aliphatic rings. The second kappa shape index (κ2) is 5.42. The van der Waals surface area contributed by atoms with Crippen molar-refractivity contribution in [3.05, 3.63) is 59.5 Å². The number of H-pyrrole nitrogens is 1. The Hall–Kier alpha value is -3.19. The van der Waals surface area contributed by atoms with Gasteiger partial charge in [0.15, 0.2) is 0 Å². The lowest BCUT2D eigenvalue weighted by Crippen LogP contribution is -1.95. The Morgan fingerprint density at radius 2 is 1.88 bits per heavy atom. The van der Waals surface area contributed by atoms with Crippen LogP contribution in [0.4, 0.5) is 11.9 Å². The van der Waals surface area contributed by atoms with E-state index in [9.17, 15) is 0 Å². The highest BCUT2D eigenvalue weighted by molar-refractivity contribution is 7.15. The largest absolute Gasteiger partial charge is 0.324 e. The van der Waals surface area contributed by atoms with Crippen LogP contribution in [0.15, 0.2) is 53.9 Å².